The van der Waals surface area contributed by atoms with E-state index in [1.165, 1.54) is 6.07 Å². The van der Waals surface area contributed by atoms with Crippen LogP contribution in [0.4, 0.5) is 8.78 Å². The van der Waals surface area contributed by atoms with Crippen LogP contribution in [0.25, 0.3) is 0 Å². The summed E-state index contributed by atoms with van der Waals surface area (Å²) in [5, 5.41) is 9.10. The van der Waals surface area contributed by atoms with Gasteiger partial charge in [-0.2, -0.15) is 0 Å². The maximum atomic E-state index is 12.1. The first-order valence-corrected chi connectivity index (χ1v) is 3.96. The van der Waals surface area contributed by atoms with E-state index in [0.29, 0.717) is 5.69 Å². The molecule has 1 aromatic heterocycles. The van der Waals surface area contributed by atoms with Gasteiger partial charge in [0.2, 0.25) is 0 Å². The molecule has 5 heteroatoms. The smallest absolute Gasteiger partial charge is 0.284 e. The molecular weight excluding hydrogens is 232 g/mol. The number of nitrogens with zero attached hydrogens (tertiary/aromatic N) is 1. The van der Waals surface area contributed by atoms with Gasteiger partial charge in [-0.3, -0.25) is 0 Å². The summed E-state index contributed by atoms with van der Waals surface area (Å²) in [7, 11) is 0. The zero-order valence-corrected chi connectivity index (χ0v) is 7.77. The van der Waals surface area contributed by atoms with Crippen molar-refractivity contribution in [3.63, 3.8) is 0 Å². The quantitative estimate of drug-likeness (QED) is 0.815. The molecule has 2 nitrogen and oxygen atoms in total. The van der Waals surface area contributed by atoms with Crippen molar-refractivity contribution >= 4 is 15.9 Å². The standard InChI is InChI=1S/C7H6BrF2NO/c1-3-2-4(8)6(12)5(11-3)7(9)10/h2,7,12H,1H3. The average molecular weight is 238 g/mol. The predicted octanol–water partition coefficient (Wildman–Crippen LogP) is 2.80. The molecule has 1 aromatic rings. The summed E-state index contributed by atoms with van der Waals surface area (Å²) in [4.78, 5) is 3.50. The van der Waals surface area contributed by atoms with Gasteiger partial charge in [0.25, 0.3) is 6.43 Å². The zero-order chi connectivity index (χ0) is 9.30. The molecule has 0 aliphatic carbocycles. The lowest BCUT2D eigenvalue weighted by Crippen LogP contribution is -1.93. The lowest BCUT2D eigenvalue weighted by atomic mass is 10.3. The molecule has 1 N–H and O–H groups in total. The minimum Gasteiger partial charge on any atom is -0.505 e. The van der Waals surface area contributed by atoms with Gasteiger partial charge < -0.3 is 5.11 Å². The molecule has 0 aliphatic heterocycles. The fourth-order valence-corrected chi connectivity index (χ4v) is 1.34. The number of aromatic nitrogens is 1. The van der Waals surface area contributed by atoms with E-state index in [1.807, 2.05) is 0 Å². The summed E-state index contributed by atoms with van der Waals surface area (Å²) in [6.45, 7) is 1.58. The highest BCUT2D eigenvalue weighted by atomic mass is 79.9. The molecule has 0 radical (unpaired) electrons. The highest BCUT2D eigenvalue weighted by Gasteiger charge is 2.17. The molecule has 0 spiro atoms. The van der Waals surface area contributed by atoms with Crippen molar-refractivity contribution in [2.75, 3.05) is 0 Å². The van der Waals surface area contributed by atoms with E-state index in [0.717, 1.165) is 0 Å². The molecule has 0 fully saturated rings. The third-order valence-electron chi connectivity index (χ3n) is 1.31. The van der Waals surface area contributed by atoms with Gasteiger partial charge in [-0.15, -0.1) is 0 Å². The number of hydrogen-bond donors (Lipinski definition) is 1. The second kappa shape index (κ2) is 3.35. The third-order valence-corrected chi connectivity index (χ3v) is 1.91. The van der Waals surface area contributed by atoms with Crippen LogP contribution in [-0.4, -0.2) is 10.1 Å². The molecule has 0 saturated heterocycles. The van der Waals surface area contributed by atoms with Crippen molar-refractivity contribution in [2.24, 2.45) is 0 Å². The fraction of sp³-hybridized carbons (Fsp3) is 0.286. The van der Waals surface area contributed by atoms with Gasteiger partial charge in [0.05, 0.1) is 4.47 Å². The molecular formula is C7H6BrF2NO. The SMILES string of the molecule is Cc1cc(Br)c(O)c(C(F)F)n1. The van der Waals surface area contributed by atoms with E-state index in [9.17, 15) is 8.78 Å². The Balaban J connectivity index is 3.28. The van der Waals surface area contributed by atoms with Crippen molar-refractivity contribution in [3.05, 3.63) is 21.9 Å². The van der Waals surface area contributed by atoms with Crippen molar-refractivity contribution in [3.8, 4) is 5.75 Å². The van der Waals surface area contributed by atoms with Gasteiger partial charge in [0, 0.05) is 5.69 Å². The first-order valence-electron chi connectivity index (χ1n) is 3.16. The van der Waals surface area contributed by atoms with Crippen LogP contribution in [0, 0.1) is 6.92 Å². The Morgan fingerprint density at radius 1 is 1.58 bits per heavy atom. The van der Waals surface area contributed by atoms with Crippen LogP contribution in [0.2, 0.25) is 0 Å². The summed E-state index contributed by atoms with van der Waals surface area (Å²) in [6.07, 6.45) is -2.75. The maximum absolute atomic E-state index is 12.1. The minimum atomic E-state index is -2.75. The molecule has 12 heavy (non-hydrogen) atoms. The van der Waals surface area contributed by atoms with Crippen molar-refractivity contribution in [1.82, 2.24) is 4.98 Å². The Kier molecular flexibility index (Phi) is 2.62. The summed E-state index contributed by atoms with van der Waals surface area (Å²) < 4.78 is 24.5. The summed E-state index contributed by atoms with van der Waals surface area (Å²) in [5.74, 6) is -0.490. The van der Waals surface area contributed by atoms with Crippen molar-refractivity contribution in [1.29, 1.82) is 0 Å². The molecule has 1 rings (SSSR count). The Labute approximate surface area is 76.4 Å². The third kappa shape index (κ3) is 1.72. The van der Waals surface area contributed by atoms with Gasteiger partial charge in [-0.05, 0) is 28.9 Å². The Bertz CT molecular complexity index is 304. The molecule has 0 unspecified atom stereocenters. The van der Waals surface area contributed by atoms with Gasteiger partial charge >= 0.3 is 0 Å². The summed E-state index contributed by atoms with van der Waals surface area (Å²) in [6, 6.07) is 1.47. The second-order valence-electron chi connectivity index (χ2n) is 2.28. The molecule has 66 valence electrons. The number of pyridine rings is 1. The number of halogens is 3. The number of rotatable bonds is 1. The predicted molar refractivity (Wildman–Crippen MR) is 43.3 cm³/mol. The van der Waals surface area contributed by atoms with Crippen LogP contribution in [0.5, 0.6) is 5.75 Å². The number of hydrogen-bond acceptors (Lipinski definition) is 2. The average Bonchev–Trinajstić information content (AvgIpc) is 1.96. The maximum Gasteiger partial charge on any atom is 0.284 e. The minimum absolute atomic E-state index is 0.241. The van der Waals surface area contributed by atoms with E-state index >= 15 is 0 Å². The monoisotopic (exact) mass is 237 g/mol. The van der Waals surface area contributed by atoms with Crippen LogP contribution in [0.3, 0.4) is 0 Å². The summed E-state index contributed by atoms with van der Waals surface area (Å²) in [5.41, 5.74) is -0.142. The first-order chi connectivity index (χ1) is 5.52. The zero-order valence-electron chi connectivity index (χ0n) is 6.18. The van der Waals surface area contributed by atoms with E-state index in [2.05, 4.69) is 20.9 Å². The van der Waals surface area contributed by atoms with E-state index in [-0.39, 0.29) is 4.47 Å². The van der Waals surface area contributed by atoms with Crippen LogP contribution >= 0.6 is 15.9 Å². The molecule has 0 aliphatic rings. The summed E-state index contributed by atoms with van der Waals surface area (Å²) >= 11 is 2.94. The fourth-order valence-electron chi connectivity index (χ4n) is 0.801. The van der Waals surface area contributed by atoms with E-state index in [1.54, 1.807) is 6.92 Å². The van der Waals surface area contributed by atoms with Gasteiger partial charge in [-0.25, -0.2) is 13.8 Å². The molecule has 0 bridgehead atoms. The van der Waals surface area contributed by atoms with Crippen LogP contribution in [-0.2, 0) is 0 Å². The van der Waals surface area contributed by atoms with Crippen LogP contribution in [0.1, 0.15) is 17.8 Å². The van der Waals surface area contributed by atoms with Gasteiger partial charge in [0.1, 0.15) is 5.69 Å². The van der Waals surface area contributed by atoms with Crippen molar-refractivity contribution in [2.45, 2.75) is 13.3 Å². The largest absolute Gasteiger partial charge is 0.505 e. The van der Waals surface area contributed by atoms with E-state index < -0.39 is 17.9 Å². The second-order valence-corrected chi connectivity index (χ2v) is 3.13. The molecule has 0 aromatic carbocycles. The Morgan fingerprint density at radius 3 is 2.67 bits per heavy atom. The van der Waals surface area contributed by atoms with Crippen LogP contribution < -0.4 is 0 Å². The Morgan fingerprint density at radius 2 is 2.17 bits per heavy atom. The number of alkyl halides is 2. The number of aryl methyl sites for hydroxylation is 1. The molecule has 1 heterocycles. The highest BCUT2D eigenvalue weighted by Crippen LogP contribution is 2.32. The lowest BCUT2D eigenvalue weighted by molar-refractivity contribution is 0.141. The lowest BCUT2D eigenvalue weighted by Gasteiger charge is -2.05. The molecule has 0 atom stereocenters. The van der Waals surface area contributed by atoms with Gasteiger partial charge in [-0.1, -0.05) is 0 Å². The molecule has 0 amide bonds. The Hall–Kier alpha value is -0.710. The highest BCUT2D eigenvalue weighted by molar-refractivity contribution is 9.10. The number of aromatic hydroxyl groups is 1. The van der Waals surface area contributed by atoms with E-state index in [4.69, 9.17) is 5.11 Å². The van der Waals surface area contributed by atoms with Gasteiger partial charge in [0.15, 0.2) is 5.75 Å². The topological polar surface area (TPSA) is 33.1 Å². The van der Waals surface area contributed by atoms with Crippen molar-refractivity contribution < 1.29 is 13.9 Å². The van der Waals surface area contributed by atoms with Crippen LogP contribution in [0.15, 0.2) is 10.5 Å². The first kappa shape index (κ1) is 9.38. The normalized spacial score (nSPS) is 10.8. The molecule has 0 saturated carbocycles.